The molecule has 5 rings (SSSR count). The third-order valence-corrected chi connectivity index (χ3v) is 6.08. The lowest BCUT2D eigenvalue weighted by Gasteiger charge is -2.28. The number of carbonyl (C=O) groups excluding carboxylic acids is 1. The SMILES string of the molecule is NC(=O)C1=CC=CC=C2C=CC(c3c(-c4ccc(F)c(Cl)c4)ncn3C3CCOCC3)=NN21. The van der Waals surface area contributed by atoms with Gasteiger partial charge in [0.1, 0.15) is 17.2 Å². The summed E-state index contributed by atoms with van der Waals surface area (Å²) in [7, 11) is 0. The van der Waals surface area contributed by atoms with Crippen LogP contribution >= 0.6 is 11.6 Å². The first-order valence-electron chi connectivity index (χ1n) is 10.6. The molecule has 7 nitrogen and oxygen atoms in total. The number of fused-ring (bicyclic) bond motifs is 1. The third-order valence-electron chi connectivity index (χ3n) is 5.79. The molecular formula is C24H21ClFN5O2. The first-order valence-corrected chi connectivity index (χ1v) is 11.0. The fraction of sp³-hybridized carbons (Fsp3) is 0.208. The van der Waals surface area contributed by atoms with Gasteiger partial charge in [-0.05, 0) is 55.3 Å². The molecule has 0 spiro atoms. The number of hydrazone groups is 1. The first-order chi connectivity index (χ1) is 16.0. The van der Waals surface area contributed by atoms with Crippen LogP contribution in [0.25, 0.3) is 11.3 Å². The highest BCUT2D eigenvalue weighted by molar-refractivity contribution is 6.31. The quantitative estimate of drug-likeness (QED) is 0.736. The Kier molecular flexibility index (Phi) is 5.70. The van der Waals surface area contributed by atoms with Crippen LogP contribution in [0.15, 0.2) is 77.5 Å². The summed E-state index contributed by atoms with van der Waals surface area (Å²) >= 11 is 6.07. The standard InChI is InChI=1S/C24H21ClFN5O2/c25-18-13-15(5-7-19(18)26)22-23(30(14-28-22)16-9-11-33-12-10-16)20-8-6-17-3-1-2-4-21(24(27)32)31(17)29-20/h1-8,13-14,16H,9-12H2,(H2,27,32). The maximum absolute atomic E-state index is 13.8. The maximum atomic E-state index is 13.8. The average Bonchev–Trinajstić information content (AvgIpc) is 3.15. The summed E-state index contributed by atoms with van der Waals surface area (Å²) < 4.78 is 21.4. The van der Waals surface area contributed by atoms with Crippen molar-refractivity contribution >= 4 is 23.2 Å². The number of aromatic nitrogens is 2. The zero-order valence-electron chi connectivity index (χ0n) is 17.6. The molecule has 9 heteroatoms. The van der Waals surface area contributed by atoms with E-state index in [1.165, 1.54) is 11.1 Å². The van der Waals surface area contributed by atoms with Crippen LogP contribution in [0.5, 0.6) is 0 Å². The number of benzene rings is 1. The Bertz CT molecular complexity index is 1270. The zero-order chi connectivity index (χ0) is 22.9. The molecule has 1 amide bonds. The van der Waals surface area contributed by atoms with Crippen molar-refractivity contribution < 1.29 is 13.9 Å². The van der Waals surface area contributed by atoms with Gasteiger partial charge in [-0.2, -0.15) is 5.10 Å². The minimum atomic E-state index is -0.589. The average molecular weight is 466 g/mol. The molecule has 2 N–H and O–H groups in total. The molecule has 0 unspecified atom stereocenters. The van der Waals surface area contributed by atoms with Crippen molar-refractivity contribution in [1.29, 1.82) is 0 Å². The number of allylic oxidation sites excluding steroid dienone is 6. The molecule has 1 saturated heterocycles. The minimum Gasteiger partial charge on any atom is -0.381 e. The Balaban J connectivity index is 1.66. The highest BCUT2D eigenvalue weighted by Gasteiger charge is 2.28. The van der Waals surface area contributed by atoms with E-state index in [1.807, 2.05) is 24.3 Å². The van der Waals surface area contributed by atoms with Crippen LogP contribution in [0, 0.1) is 5.82 Å². The molecule has 0 radical (unpaired) electrons. The second kappa shape index (κ2) is 8.80. The van der Waals surface area contributed by atoms with E-state index in [9.17, 15) is 9.18 Å². The molecule has 1 aromatic heterocycles. The lowest BCUT2D eigenvalue weighted by Crippen LogP contribution is -2.30. The van der Waals surface area contributed by atoms with Gasteiger partial charge in [0.2, 0.25) is 0 Å². The molecule has 168 valence electrons. The highest BCUT2D eigenvalue weighted by Crippen LogP contribution is 2.33. The van der Waals surface area contributed by atoms with Gasteiger partial charge in [0.25, 0.3) is 5.91 Å². The molecule has 0 atom stereocenters. The van der Waals surface area contributed by atoms with Crippen molar-refractivity contribution in [3.05, 3.63) is 88.9 Å². The number of amides is 1. The predicted molar refractivity (Wildman–Crippen MR) is 124 cm³/mol. The molecule has 1 aromatic carbocycles. The Hall–Kier alpha value is -3.49. The van der Waals surface area contributed by atoms with Gasteiger partial charge < -0.3 is 15.0 Å². The van der Waals surface area contributed by atoms with Crippen LogP contribution in [0.4, 0.5) is 4.39 Å². The number of nitrogens with two attached hydrogens (primary N) is 1. The number of ether oxygens (including phenoxy) is 1. The second-order valence-electron chi connectivity index (χ2n) is 7.84. The lowest BCUT2D eigenvalue weighted by molar-refractivity contribution is -0.115. The van der Waals surface area contributed by atoms with Gasteiger partial charge in [-0.1, -0.05) is 23.8 Å². The van der Waals surface area contributed by atoms with Gasteiger partial charge in [-0.3, -0.25) is 4.79 Å². The van der Waals surface area contributed by atoms with Crippen LogP contribution in [0.3, 0.4) is 0 Å². The monoisotopic (exact) mass is 465 g/mol. The van der Waals surface area contributed by atoms with Gasteiger partial charge in [0, 0.05) is 24.8 Å². The van der Waals surface area contributed by atoms with E-state index >= 15 is 0 Å². The molecular weight excluding hydrogens is 445 g/mol. The Labute approximate surface area is 195 Å². The largest absolute Gasteiger partial charge is 0.381 e. The van der Waals surface area contributed by atoms with Crippen molar-refractivity contribution in [2.24, 2.45) is 10.8 Å². The molecule has 33 heavy (non-hydrogen) atoms. The normalized spacial score (nSPS) is 18.4. The van der Waals surface area contributed by atoms with E-state index in [0.29, 0.717) is 35.9 Å². The topological polar surface area (TPSA) is 85.7 Å². The Morgan fingerprint density at radius 2 is 1.97 bits per heavy atom. The summed E-state index contributed by atoms with van der Waals surface area (Å²) in [6.07, 6.45) is 14.2. The molecule has 2 aromatic rings. The van der Waals surface area contributed by atoms with Crippen LogP contribution < -0.4 is 5.73 Å². The van der Waals surface area contributed by atoms with E-state index in [2.05, 4.69) is 9.55 Å². The van der Waals surface area contributed by atoms with E-state index in [1.54, 1.807) is 30.6 Å². The van der Waals surface area contributed by atoms with Gasteiger partial charge >= 0.3 is 0 Å². The zero-order valence-corrected chi connectivity index (χ0v) is 18.4. The number of rotatable bonds is 4. The molecule has 4 heterocycles. The van der Waals surface area contributed by atoms with Crippen LogP contribution in [-0.2, 0) is 9.53 Å². The number of carbonyl (C=O) groups is 1. The molecule has 0 saturated carbocycles. The summed E-state index contributed by atoms with van der Waals surface area (Å²) in [6.45, 7) is 1.31. The summed E-state index contributed by atoms with van der Waals surface area (Å²) in [5.41, 5.74) is 9.22. The number of imidazole rings is 1. The van der Waals surface area contributed by atoms with Gasteiger partial charge in [-0.25, -0.2) is 14.4 Å². The summed E-state index contributed by atoms with van der Waals surface area (Å²) in [5, 5.41) is 6.32. The van der Waals surface area contributed by atoms with Gasteiger partial charge in [-0.15, -0.1) is 0 Å². The fourth-order valence-corrected chi connectivity index (χ4v) is 4.33. The van der Waals surface area contributed by atoms with E-state index in [4.69, 9.17) is 27.2 Å². The third kappa shape index (κ3) is 4.03. The maximum Gasteiger partial charge on any atom is 0.267 e. The minimum absolute atomic E-state index is 0.0166. The molecule has 0 aliphatic carbocycles. The van der Waals surface area contributed by atoms with Gasteiger partial charge in [0.05, 0.1) is 28.4 Å². The number of nitrogens with zero attached hydrogens (tertiary/aromatic N) is 4. The number of hydrogen-bond donors (Lipinski definition) is 1. The Morgan fingerprint density at radius 1 is 1.18 bits per heavy atom. The lowest BCUT2D eigenvalue weighted by atomic mass is 10.0. The van der Waals surface area contributed by atoms with Crippen molar-refractivity contribution in [3.8, 4) is 11.3 Å². The van der Waals surface area contributed by atoms with Crippen molar-refractivity contribution in [1.82, 2.24) is 14.6 Å². The van der Waals surface area contributed by atoms with Crippen LogP contribution in [0.1, 0.15) is 24.6 Å². The number of halogens is 2. The smallest absolute Gasteiger partial charge is 0.267 e. The van der Waals surface area contributed by atoms with E-state index in [-0.39, 0.29) is 16.8 Å². The number of hydrogen-bond acceptors (Lipinski definition) is 5. The summed E-state index contributed by atoms with van der Waals surface area (Å²) in [4.78, 5) is 16.8. The van der Waals surface area contributed by atoms with Crippen LogP contribution in [-0.4, -0.2) is 39.4 Å². The molecule has 3 aliphatic heterocycles. The Morgan fingerprint density at radius 3 is 2.73 bits per heavy atom. The van der Waals surface area contributed by atoms with Crippen LogP contribution in [0.2, 0.25) is 5.02 Å². The fourth-order valence-electron chi connectivity index (χ4n) is 4.15. The first kappa shape index (κ1) is 21.4. The highest BCUT2D eigenvalue weighted by atomic mass is 35.5. The van der Waals surface area contributed by atoms with Gasteiger partial charge in [0.15, 0.2) is 0 Å². The predicted octanol–water partition coefficient (Wildman–Crippen LogP) is 4.09. The van der Waals surface area contributed by atoms with E-state index in [0.717, 1.165) is 18.5 Å². The summed E-state index contributed by atoms with van der Waals surface area (Å²) in [5.74, 6) is -1.09. The van der Waals surface area contributed by atoms with Crippen molar-refractivity contribution in [2.75, 3.05) is 13.2 Å². The second-order valence-corrected chi connectivity index (χ2v) is 8.25. The van der Waals surface area contributed by atoms with Crippen molar-refractivity contribution in [3.63, 3.8) is 0 Å². The number of primary amides is 1. The van der Waals surface area contributed by atoms with Crippen molar-refractivity contribution in [2.45, 2.75) is 18.9 Å². The van der Waals surface area contributed by atoms with E-state index < -0.39 is 11.7 Å². The molecule has 1 fully saturated rings. The molecule has 3 aliphatic rings. The molecule has 0 bridgehead atoms. The summed E-state index contributed by atoms with van der Waals surface area (Å²) in [6, 6.07) is 4.68.